The molecule has 28 heavy (non-hydrogen) atoms. The zero-order chi connectivity index (χ0) is 20.1. The minimum Gasteiger partial charge on any atom is -0.455 e. The van der Waals surface area contributed by atoms with Gasteiger partial charge in [-0.05, 0) is 36.8 Å². The summed E-state index contributed by atoms with van der Waals surface area (Å²) in [5, 5.41) is 11.5. The van der Waals surface area contributed by atoms with Gasteiger partial charge in [0.2, 0.25) is 6.79 Å². The number of ether oxygens (including phenoxy) is 2. The van der Waals surface area contributed by atoms with Gasteiger partial charge in [0.25, 0.3) is 5.69 Å². The first-order chi connectivity index (χ1) is 13.5. The summed E-state index contributed by atoms with van der Waals surface area (Å²) in [5.41, 5.74) is 1.06. The average molecular weight is 380 g/mol. The standard InChI is InChI=1S/C20H16N2O6/c1-13(23)11-14-5-2-3-6-15(14)20(24)28-12-27-18-9-8-17(22(25)26)16-7-4-10-21-19(16)18/h2-10H,11-12H2,1H3. The Hall–Kier alpha value is -3.81. The second-order valence-corrected chi connectivity index (χ2v) is 5.97. The topological polar surface area (TPSA) is 109 Å². The maximum atomic E-state index is 12.3. The Morgan fingerprint density at radius 2 is 1.89 bits per heavy atom. The molecule has 142 valence electrons. The molecule has 0 bridgehead atoms. The van der Waals surface area contributed by atoms with Crippen molar-refractivity contribution in [2.75, 3.05) is 6.79 Å². The third-order valence-corrected chi connectivity index (χ3v) is 3.99. The van der Waals surface area contributed by atoms with Gasteiger partial charge in [-0.2, -0.15) is 0 Å². The van der Waals surface area contributed by atoms with Crippen molar-refractivity contribution in [2.24, 2.45) is 0 Å². The highest BCUT2D eigenvalue weighted by Crippen LogP contribution is 2.31. The number of aromatic nitrogens is 1. The number of carbonyl (C=O) groups is 2. The van der Waals surface area contributed by atoms with Gasteiger partial charge in [0.1, 0.15) is 17.0 Å². The number of benzene rings is 2. The van der Waals surface area contributed by atoms with Crippen molar-refractivity contribution in [3.63, 3.8) is 0 Å². The Labute approximate surface area is 159 Å². The Balaban J connectivity index is 1.74. The van der Waals surface area contributed by atoms with Crippen LogP contribution in [0.25, 0.3) is 10.9 Å². The van der Waals surface area contributed by atoms with Crippen LogP contribution in [0, 0.1) is 10.1 Å². The number of hydrogen-bond acceptors (Lipinski definition) is 7. The van der Waals surface area contributed by atoms with Crippen molar-refractivity contribution >= 4 is 28.3 Å². The molecule has 8 nitrogen and oxygen atoms in total. The number of rotatable bonds is 7. The molecule has 3 aromatic rings. The minimum atomic E-state index is -0.629. The molecule has 0 fully saturated rings. The van der Waals surface area contributed by atoms with Gasteiger partial charge in [-0.3, -0.25) is 19.9 Å². The molecule has 0 aliphatic carbocycles. The fraction of sp³-hybridized carbons (Fsp3) is 0.150. The lowest BCUT2D eigenvalue weighted by molar-refractivity contribution is -0.383. The maximum absolute atomic E-state index is 12.3. The molecule has 0 N–H and O–H groups in total. The van der Waals surface area contributed by atoms with Crippen molar-refractivity contribution < 1.29 is 24.0 Å². The van der Waals surface area contributed by atoms with Gasteiger partial charge in [-0.1, -0.05) is 18.2 Å². The molecule has 0 saturated heterocycles. The molecular weight excluding hydrogens is 364 g/mol. The Bertz CT molecular complexity index is 1060. The second-order valence-electron chi connectivity index (χ2n) is 5.97. The Morgan fingerprint density at radius 1 is 1.11 bits per heavy atom. The fourth-order valence-electron chi connectivity index (χ4n) is 2.77. The quantitative estimate of drug-likeness (QED) is 0.267. The van der Waals surface area contributed by atoms with Gasteiger partial charge in [0.05, 0.1) is 15.9 Å². The van der Waals surface area contributed by atoms with Crippen LogP contribution < -0.4 is 4.74 Å². The van der Waals surface area contributed by atoms with Crippen LogP contribution in [0.2, 0.25) is 0 Å². The number of nitro groups is 1. The normalized spacial score (nSPS) is 10.5. The molecule has 0 radical (unpaired) electrons. The van der Waals surface area contributed by atoms with Gasteiger partial charge in [-0.25, -0.2) is 4.79 Å². The molecular formula is C20H16N2O6. The number of nitrogens with zero attached hydrogens (tertiary/aromatic N) is 2. The highest BCUT2D eigenvalue weighted by atomic mass is 16.7. The van der Waals surface area contributed by atoms with Crippen LogP contribution in [0.4, 0.5) is 5.69 Å². The van der Waals surface area contributed by atoms with E-state index < -0.39 is 17.7 Å². The van der Waals surface area contributed by atoms with Gasteiger partial charge in [0.15, 0.2) is 0 Å². The lowest BCUT2D eigenvalue weighted by Gasteiger charge is -2.11. The number of nitro benzene ring substituents is 1. The summed E-state index contributed by atoms with van der Waals surface area (Å²) in [5.74, 6) is -0.443. The maximum Gasteiger partial charge on any atom is 0.341 e. The van der Waals surface area contributed by atoms with Crippen molar-refractivity contribution in [3.05, 3.63) is 76.0 Å². The Morgan fingerprint density at radius 3 is 2.64 bits per heavy atom. The molecule has 0 atom stereocenters. The summed E-state index contributed by atoms with van der Waals surface area (Å²) >= 11 is 0. The van der Waals surface area contributed by atoms with E-state index in [1.807, 2.05) is 0 Å². The van der Waals surface area contributed by atoms with E-state index in [1.54, 1.807) is 36.4 Å². The molecule has 0 spiro atoms. The van der Waals surface area contributed by atoms with Crippen LogP contribution in [0.5, 0.6) is 5.75 Å². The summed E-state index contributed by atoms with van der Waals surface area (Å²) in [6.45, 7) is 1.04. The highest BCUT2D eigenvalue weighted by molar-refractivity contribution is 5.93. The van der Waals surface area contributed by atoms with E-state index >= 15 is 0 Å². The predicted molar refractivity (Wildman–Crippen MR) is 100 cm³/mol. The molecule has 0 aliphatic heterocycles. The molecule has 1 aromatic heterocycles. The number of non-ortho nitro benzene ring substituents is 1. The number of carbonyl (C=O) groups excluding carboxylic acids is 2. The number of esters is 1. The lowest BCUT2D eigenvalue weighted by atomic mass is 10.0. The van der Waals surface area contributed by atoms with Crippen molar-refractivity contribution in [1.82, 2.24) is 4.98 Å². The Kier molecular flexibility index (Phi) is 5.59. The zero-order valence-corrected chi connectivity index (χ0v) is 15.0. The number of ketones is 1. The van der Waals surface area contributed by atoms with Crippen LogP contribution in [-0.4, -0.2) is 28.5 Å². The van der Waals surface area contributed by atoms with Gasteiger partial charge in [0, 0.05) is 18.7 Å². The van der Waals surface area contributed by atoms with Crippen LogP contribution in [0.15, 0.2) is 54.7 Å². The van der Waals surface area contributed by atoms with Crippen molar-refractivity contribution in [2.45, 2.75) is 13.3 Å². The molecule has 0 unspecified atom stereocenters. The molecule has 0 aliphatic rings. The minimum absolute atomic E-state index is 0.0695. The number of Topliss-reactive ketones (excluding diaryl/α,β-unsaturated/α-hetero) is 1. The summed E-state index contributed by atoms with van der Waals surface area (Å²) in [7, 11) is 0. The fourth-order valence-corrected chi connectivity index (χ4v) is 2.77. The highest BCUT2D eigenvalue weighted by Gasteiger charge is 2.17. The van der Waals surface area contributed by atoms with E-state index in [-0.39, 0.29) is 29.2 Å². The largest absolute Gasteiger partial charge is 0.455 e. The van der Waals surface area contributed by atoms with E-state index in [0.29, 0.717) is 16.5 Å². The summed E-state index contributed by atoms with van der Waals surface area (Å²) in [4.78, 5) is 38.4. The zero-order valence-electron chi connectivity index (χ0n) is 15.0. The van der Waals surface area contributed by atoms with Crippen molar-refractivity contribution in [3.8, 4) is 5.75 Å². The third kappa shape index (κ3) is 4.12. The monoisotopic (exact) mass is 380 g/mol. The van der Waals surface area contributed by atoms with E-state index in [4.69, 9.17) is 9.47 Å². The molecule has 0 amide bonds. The number of hydrogen-bond donors (Lipinski definition) is 0. The first-order valence-electron chi connectivity index (χ1n) is 8.36. The first-order valence-corrected chi connectivity index (χ1v) is 8.36. The summed E-state index contributed by atoms with van der Waals surface area (Å²) in [6, 6.07) is 12.5. The molecule has 2 aromatic carbocycles. The average Bonchev–Trinajstić information content (AvgIpc) is 2.67. The van der Waals surface area contributed by atoms with Crippen LogP contribution in [0.3, 0.4) is 0 Å². The summed E-state index contributed by atoms with van der Waals surface area (Å²) in [6.07, 6.45) is 1.62. The van der Waals surface area contributed by atoms with E-state index in [1.165, 1.54) is 25.3 Å². The lowest BCUT2D eigenvalue weighted by Crippen LogP contribution is -2.14. The third-order valence-electron chi connectivity index (χ3n) is 3.99. The SMILES string of the molecule is CC(=O)Cc1ccccc1C(=O)OCOc1ccc([N+](=O)[O-])c2cccnc12. The van der Waals surface area contributed by atoms with E-state index in [0.717, 1.165) is 0 Å². The van der Waals surface area contributed by atoms with Crippen molar-refractivity contribution in [1.29, 1.82) is 0 Å². The first kappa shape index (κ1) is 19.0. The van der Waals surface area contributed by atoms with Crippen LogP contribution in [0.1, 0.15) is 22.8 Å². The van der Waals surface area contributed by atoms with Crippen LogP contribution >= 0.6 is 0 Å². The van der Waals surface area contributed by atoms with E-state index in [9.17, 15) is 19.7 Å². The van der Waals surface area contributed by atoms with Crippen LogP contribution in [-0.2, 0) is 16.0 Å². The smallest absolute Gasteiger partial charge is 0.341 e. The van der Waals surface area contributed by atoms with Gasteiger partial charge >= 0.3 is 5.97 Å². The molecule has 1 heterocycles. The summed E-state index contributed by atoms with van der Waals surface area (Å²) < 4.78 is 10.6. The molecule has 0 saturated carbocycles. The predicted octanol–water partition coefficient (Wildman–Crippen LogP) is 3.47. The van der Waals surface area contributed by atoms with Gasteiger partial charge < -0.3 is 9.47 Å². The number of pyridine rings is 1. The van der Waals surface area contributed by atoms with Gasteiger partial charge in [-0.15, -0.1) is 0 Å². The second kappa shape index (κ2) is 8.26. The molecule has 8 heteroatoms. The molecule has 3 rings (SSSR count). The van der Waals surface area contributed by atoms with E-state index in [2.05, 4.69) is 4.98 Å². The number of fused-ring (bicyclic) bond motifs is 1.